The maximum atomic E-state index is 12.3. The molecule has 0 spiro atoms. The Morgan fingerprint density at radius 2 is 1.74 bits per heavy atom. The number of benzene rings is 2. The number of aromatic amines is 1. The molecule has 4 aromatic rings. The fraction of sp³-hybridized carbons (Fsp3) is 0.227. The Bertz CT molecular complexity index is 1270. The summed E-state index contributed by atoms with van der Waals surface area (Å²) in [7, 11) is 0. The molecule has 0 aliphatic rings. The van der Waals surface area contributed by atoms with Crippen molar-refractivity contribution in [3.05, 3.63) is 48.0 Å². The van der Waals surface area contributed by atoms with Crippen LogP contribution in [0.3, 0.4) is 0 Å². The number of hydrogen-bond donors (Lipinski definition) is 3. The smallest absolute Gasteiger partial charge is 0.234 e. The van der Waals surface area contributed by atoms with Crippen molar-refractivity contribution in [3.63, 3.8) is 0 Å². The third-order valence-corrected chi connectivity index (χ3v) is 5.54. The van der Waals surface area contributed by atoms with Crippen molar-refractivity contribution in [1.29, 1.82) is 0 Å². The zero-order chi connectivity index (χ0) is 22.0. The van der Waals surface area contributed by atoms with Crippen LogP contribution in [-0.2, 0) is 9.59 Å². The second-order valence-electron chi connectivity index (χ2n) is 7.47. The summed E-state index contributed by atoms with van der Waals surface area (Å²) in [5, 5.41) is 15.4. The van der Waals surface area contributed by atoms with E-state index in [2.05, 4.69) is 56.8 Å². The number of carbonyl (C=O) groups excluding carboxylic acids is 2. The van der Waals surface area contributed by atoms with Crippen molar-refractivity contribution >= 4 is 57.0 Å². The van der Waals surface area contributed by atoms with Crippen LogP contribution in [0.5, 0.6) is 0 Å². The highest BCUT2D eigenvalue weighted by molar-refractivity contribution is 7.99. The van der Waals surface area contributed by atoms with Crippen LogP contribution >= 0.6 is 11.8 Å². The SMILES string of the molecule is CC(=O)Nc1ccc(NC(=O)CSc2nnc3c(n2)[nH]c2ccc(C(C)C)cc23)cc1. The first-order valence-electron chi connectivity index (χ1n) is 9.85. The number of H-pyrrole nitrogens is 1. The van der Waals surface area contributed by atoms with Crippen LogP contribution in [0, 0.1) is 0 Å². The van der Waals surface area contributed by atoms with Gasteiger partial charge in [-0.3, -0.25) is 9.59 Å². The molecule has 0 saturated heterocycles. The van der Waals surface area contributed by atoms with Crippen molar-refractivity contribution in [2.45, 2.75) is 31.8 Å². The van der Waals surface area contributed by atoms with Gasteiger partial charge in [0.15, 0.2) is 5.65 Å². The van der Waals surface area contributed by atoms with E-state index >= 15 is 0 Å². The number of anilines is 2. The van der Waals surface area contributed by atoms with E-state index in [0.29, 0.717) is 28.1 Å². The number of aromatic nitrogens is 4. The highest BCUT2D eigenvalue weighted by Crippen LogP contribution is 2.27. The Morgan fingerprint density at radius 1 is 1.03 bits per heavy atom. The molecule has 2 aromatic carbocycles. The van der Waals surface area contributed by atoms with E-state index < -0.39 is 0 Å². The number of amides is 2. The lowest BCUT2D eigenvalue weighted by Gasteiger charge is -2.06. The van der Waals surface area contributed by atoms with E-state index in [1.54, 1.807) is 24.3 Å². The van der Waals surface area contributed by atoms with Crippen molar-refractivity contribution in [3.8, 4) is 0 Å². The molecule has 0 aliphatic carbocycles. The Balaban J connectivity index is 1.42. The number of nitrogens with zero attached hydrogens (tertiary/aromatic N) is 3. The molecule has 31 heavy (non-hydrogen) atoms. The monoisotopic (exact) mass is 434 g/mol. The summed E-state index contributed by atoms with van der Waals surface area (Å²) in [5.41, 5.74) is 4.89. The molecular weight excluding hydrogens is 412 g/mol. The van der Waals surface area contributed by atoms with Crippen LogP contribution in [0.25, 0.3) is 22.1 Å². The molecule has 0 unspecified atom stereocenters. The third kappa shape index (κ3) is 4.83. The molecule has 4 rings (SSSR count). The van der Waals surface area contributed by atoms with Gasteiger partial charge in [0.1, 0.15) is 5.52 Å². The van der Waals surface area contributed by atoms with E-state index in [4.69, 9.17) is 0 Å². The van der Waals surface area contributed by atoms with Gasteiger partial charge in [0.25, 0.3) is 0 Å². The number of nitrogens with one attached hydrogen (secondary N) is 3. The van der Waals surface area contributed by atoms with Gasteiger partial charge in [0.05, 0.1) is 5.75 Å². The summed E-state index contributed by atoms with van der Waals surface area (Å²) in [6, 6.07) is 13.2. The molecule has 0 aliphatic heterocycles. The number of fused-ring (bicyclic) bond motifs is 3. The fourth-order valence-electron chi connectivity index (χ4n) is 3.16. The van der Waals surface area contributed by atoms with Crippen LogP contribution in [0.4, 0.5) is 11.4 Å². The largest absolute Gasteiger partial charge is 0.338 e. The predicted octanol–water partition coefficient (Wildman–Crippen LogP) is 4.32. The van der Waals surface area contributed by atoms with Crippen molar-refractivity contribution in [1.82, 2.24) is 20.2 Å². The molecule has 0 saturated carbocycles. The van der Waals surface area contributed by atoms with E-state index in [1.165, 1.54) is 24.2 Å². The van der Waals surface area contributed by atoms with Crippen LogP contribution in [0.2, 0.25) is 0 Å². The lowest BCUT2D eigenvalue weighted by Crippen LogP contribution is -2.14. The molecule has 2 heterocycles. The number of carbonyl (C=O) groups is 2. The lowest BCUT2D eigenvalue weighted by molar-refractivity contribution is -0.114. The molecule has 3 N–H and O–H groups in total. The summed E-state index contributed by atoms with van der Waals surface area (Å²) < 4.78 is 0. The average Bonchev–Trinajstić information content (AvgIpc) is 3.10. The Labute approximate surface area is 183 Å². The van der Waals surface area contributed by atoms with E-state index in [-0.39, 0.29) is 17.6 Å². The quantitative estimate of drug-likeness (QED) is 0.390. The maximum absolute atomic E-state index is 12.3. The summed E-state index contributed by atoms with van der Waals surface area (Å²) in [4.78, 5) is 31.1. The number of hydrogen-bond acceptors (Lipinski definition) is 6. The second kappa shape index (κ2) is 8.73. The van der Waals surface area contributed by atoms with Gasteiger partial charge in [0, 0.05) is 29.2 Å². The molecule has 2 aromatic heterocycles. The van der Waals surface area contributed by atoms with Gasteiger partial charge in [0.2, 0.25) is 17.0 Å². The zero-order valence-electron chi connectivity index (χ0n) is 17.4. The van der Waals surface area contributed by atoms with Gasteiger partial charge >= 0.3 is 0 Å². The van der Waals surface area contributed by atoms with E-state index in [1.807, 2.05) is 6.07 Å². The van der Waals surface area contributed by atoms with Crippen molar-refractivity contribution in [2.24, 2.45) is 0 Å². The van der Waals surface area contributed by atoms with Crippen LogP contribution < -0.4 is 10.6 Å². The summed E-state index contributed by atoms with van der Waals surface area (Å²) in [6.07, 6.45) is 0. The number of rotatable bonds is 6. The minimum absolute atomic E-state index is 0.144. The predicted molar refractivity (Wildman–Crippen MR) is 123 cm³/mol. The first-order chi connectivity index (χ1) is 14.9. The van der Waals surface area contributed by atoms with Crippen molar-refractivity contribution < 1.29 is 9.59 Å². The molecule has 9 heteroatoms. The van der Waals surface area contributed by atoms with Gasteiger partial charge < -0.3 is 15.6 Å². The van der Waals surface area contributed by atoms with Gasteiger partial charge in [-0.15, -0.1) is 10.2 Å². The summed E-state index contributed by atoms with van der Waals surface area (Å²) in [6.45, 7) is 5.74. The van der Waals surface area contributed by atoms with Gasteiger partial charge in [-0.1, -0.05) is 31.7 Å². The normalized spacial score (nSPS) is 11.2. The van der Waals surface area contributed by atoms with E-state index in [0.717, 1.165) is 16.4 Å². The van der Waals surface area contributed by atoms with Crippen LogP contribution in [0.1, 0.15) is 32.3 Å². The average molecular weight is 435 g/mol. The molecule has 158 valence electrons. The topological polar surface area (TPSA) is 113 Å². The highest BCUT2D eigenvalue weighted by Gasteiger charge is 2.12. The zero-order valence-corrected chi connectivity index (χ0v) is 18.2. The molecule has 0 bridgehead atoms. The van der Waals surface area contributed by atoms with E-state index in [9.17, 15) is 9.59 Å². The Hall–Kier alpha value is -3.46. The molecular formula is C22H22N6O2S. The maximum Gasteiger partial charge on any atom is 0.234 e. The first-order valence-corrected chi connectivity index (χ1v) is 10.8. The van der Waals surface area contributed by atoms with Gasteiger partial charge in [-0.2, -0.15) is 0 Å². The third-order valence-electron chi connectivity index (χ3n) is 4.71. The standard InChI is InChI=1S/C22H22N6O2S/c1-12(2)14-4-9-18-17(10-14)20-21(25-18)26-22(28-27-20)31-11-19(30)24-16-7-5-15(6-8-16)23-13(3)29/h4-10,12H,11H2,1-3H3,(H,23,29)(H,24,30)(H,25,26,28). The van der Waals surface area contributed by atoms with Crippen LogP contribution in [0.15, 0.2) is 47.6 Å². The molecule has 0 radical (unpaired) electrons. The van der Waals surface area contributed by atoms with Crippen molar-refractivity contribution in [2.75, 3.05) is 16.4 Å². The lowest BCUT2D eigenvalue weighted by atomic mass is 10.0. The summed E-state index contributed by atoms with van der Waals surface area (Å²) >= 11 is 1.22. The van der Waals surface area contributed by atoms with Gasteiger partial charge in [-0.25, -0.2) is 4.98 Å². The Kier molecular flexibility index (Phi) is 5.85. The second-order valence-corrected chi connectivity index (χ2v) is 8.41. The van der Waals surface area contributed by atoms with Crippen LogP contribution in [-0.4, -0.2) is 37.7 Å². The minimum Gasteiger partial charge on any atom is -0.338 e. The molecule has 0 atom stereocenters. The van der Waals surface area contributed by atoms with Gasteiger partial charge in [-0.05, 0) is 47.9 Å². The molecule has 2 amide bonds. The Morgan fingerprint density at radius 3 is 2.42 bits per heavy atom. The molecule has 8 nitrogen and oxygen atoms in total. The number of thioether (sulfide) groups is 1. The first kappa shape index (κ1) is 20.8. The summed E-state index contributed by atoms with van der Waals surface area (Å²) in [5.74, 6) is 0.247. The highest BCUT2D eigenvalue weighted by atomic mass is 32.2. The fourth-order valence-corrected chi connectivity index (χ4v) is 3.75. The molecule has 0 fully saturated rings. The minimum atomic E-state index is -0.181.